The Bertz CT molecular complexity index is 179. The van der Waals surface area contributed by atoms with Gasteiger partial charge in [0, 0.05) is 39.3 Å². The molecule has 0 amide bonds. The van der Waals surface area contributed by atoms with Gasteiger partial charge >= 0.3 is 0 Å². The highest BCUT2D eigenvalue weighted by molar-refractivity contribution is 7.99. The van der Waals surface area contributed by atoms with E-state index in [0.717, 1.165) is 38.6 Å². The highest BCUT2D eigenvalue weighted by Gasteiger charge is 2.26. The first-order valence-electron chi connectivity index (χ1n) is 6.02. The topological polar surface area (TPSA) is 35.5 Å². The number of hydrogen-bond acceptors (Lipinski definition) is 4. The predicted molar refractivity (Wildman–Crippen MR) is 65.3 cm³/mol. The van der Waals surface area contributed by atoms with Crippen LogP contribution in [0.1, 0.15) is 6.42 Å². The molecular formula is C11H22N2OS. The Hall–Kier alpha value is 0.230. The number of rotatable bonds is 4. The van der Waals surface area contributed by atoms with Gasteiger partial charge in [-0.1, -0.05) is 0 Å². The molecule has 2 heterocycles. The first kappa shape index (κ1) is 11.7. The monoisotopic (exact) mass is 230 g/mol. The van der Waals surface area contributed by atoms with Crippen molar-refractivity contribution in [2.24, 2.45) is 11.8 Å². The molecule has 0 bridgehead atoms. The van der Waals surface area contributed by atoms with Gasteiger partial charge in [0.2, 0.25) is 0 Å². The van der Waals surface area contributed by atoms with Gasteiger partial charge in [-0.3, -0.25) is 0 Å². The lowest BCUT2D eigenvalue weighted by atomic mass is 9.92. The number of piperazine rings is 1. The number of hydrogen-bond donors (Lipinski definition) is 2. The summed E-state index contributed by atoms with van der Waals surface area (Å²) in [6.07, 6.45) is 1.31. The van der Waals surface area contributed by atoms with Crippen LogP contribution in [0.25, 0.3) is 0 Å². The average Bonchev–Trinajstić information content (AvgIpc) is 2.81. The smallest absolute Gasteiger partial charge is 0.0474 e. The minimum absolute atomic E-state index is 0.370. The molecule has 0 saturated carbocycles. The summed E-state index contributed by atoms with van der Waals surface area (Å²) in [6.45, 7) is 5.99. The van der Waals surface area contributed by atoms with E-state index in [1.165, 1.54) is 17.9 Å². The third-order valence-corrected chi connectivity index (χ3v) is 4.76. The van der Waals surface area contributed by atoms with Crippen molar-refractivity contribution in [1.29, 1.82) is 0 Å². The summed E-state index contributed by atoms with van der Waals surface area (Å²) in [7, 11) is 0. The van der Waals surface area contributed by atoms with E-state index in [9.17, 15) is 5.11 Å². The largest absolute Gasteiger partial charge is 0.396 e. The van der Waals surface area contributed by atoms with Crippen LogP contribution in [0.4, 0.5) is 0 Å². The number of thioether (sulfide) groups is 1. The van der Waals surface area contributed by atoms with Crippen molar-refractivity contribution in [3.05, 3.63) is 0 Å². The van der Waals surface area contributed by atoms with Crippen LogP contribution in [-0.2, 0) is 0 Å². The third-order valence-electron chi connectivity index (χ3n) is 3.57. The van der Waals surface area contributed by atoms with Crippen LogP contribution in [0.5, 0.6) is 0 Å². The van der Waals surface area contributed by atoms with Crippen LogP contribution in [-0.4, -0.2) is 60.8 Å². The van der Waals surface area contributed by atoms with E-state index < -0.39 is 0 Å². The van der Waals surface area contributed by atoms with Gasteiger partial charge in [-0.25, -0.2) is 0 Å². The minimum Gasteiger partial charge on any atom is -0.396 e. The van der Waals surface area contributed by atoms with Gasteiger partial charge in [-0.15, -0.1) is 0 Å². The zero-order chi connectivity index (χ0) is 10.5. The molecule has 0 aromatic rings. The second kappa shape index (κ2) is 6.09. The molecule has 2 saturated heterocycles. The van der Waals surface area contributed by atoms with Gasteiger partial charge in [-0.05, 0) is 29.8 Å². The van der Waals surface area contributed by atoms with Crippen LogP contribution in [0.2, 0.25) is 0 Å². The van der Waals surface area contributed by atoms with Crippen molar-refractivity contribution < 1.29 is 5.11 Å². The Labute approximate surface area is 96.6 Å². The Kier molecular flexibility index (Phi) is 4.75. The minimum atomic E-state index is 0.370. The van der Waals surface area contributed by atoms with E-state index in [-0.39, 0.29) is 0 Å². The van der Waals surface area contributed by atoms with Crippen LogP contribution in [0.3, 0.4) is 0 Å². The molecule has 2 fully saturated rings. The van der Waals surface area contributed by atoms with Crippen LogP contribution in [0.15, 0.2) is 0 Å². The zero-order valence-electron chi connectivity index (χ0n) is 9.32. The summed E-state index contributed by atoms with van der Waals surface area (Å²) in [5, 5.41) is 12.8. The zero-order valence-corrected chi connectivity index (χ0v) is 10.1. The van der Waals surface area contributed by atoms with Gasteiger partial charge in [0.15, 0.2) is 0 Å². The van der Waals surface area contributed by atoms with Crippen molar-refractivity contribution in [2.45, 2.75) is 6.42 Å². The Morgan fingerprint density at radius 3 is 2.80 bits per heavy atom. The first-order valence-corrected chi connectivity index (χ1v) is 7.17. The summed E-state index contributed by atoms with van der Waals surface area (Å²) in [5.41, 5.74) is 0. The molecule has 2 N–H and O–H groups in total. The number of aliphatic hydroxyl groups is 1. The molecular weight excluding hydrogens is 208 g/mol. The number of nitrogens with one attached hydrogen (secondary N) is 1. The lowest BCUT2D eigenvalue weighted by Gasteiger charge is -2.32. The molecule has 3 nitrogen and oxygen atoms in total. The lowest BCUT2D eigenvalue weighted by Crippen LogP contribution is -2.46. The average molecular weight is 230 g/mol. The molecule has 0 radical (unpaired) electrons. The van der Waals surface area contributed by atoms with Gasteiger partial charge in [0.1, 0.15) is 0 Å². The molecule has 2 aliphatic heterocycles. The van der Waals surface area contributed by atoms with E-state index in [0.29, 0.717) is 12.5 Å². The molecule has 2 rings (SSSR count). The lowest BCUT2D eigenvalue weighted by molar-refractivity contribution is 0.121. The second-order valence-electron chi connectivity index (χ2n) is 4.62. The highest BCUT2D eigenvalue weighted by atomic mass is 32.2. The van der Waals surface area contributed by atoms with E-state index in [2.05, 4.69) is 10.2 Å². The molecule has 2 atom stereocenters. The molecule has 2 aliphatic rings. The fourth-order valence-corrected chi connectivity index (χ4v) is 3.88. The molecule has 88 valence electrons. The van der Waals surface area contributed by atoms with E-state index in [1.54, 1.807) is 0 Å². The molecule has 0 aromatic heterocycles. The Morgan fingerprint density at radius 2 is 2.20 bits per heavy atom. The van der Waals surface area contributed by atoms with Gasteiger partial charge in [0.05, 0.1) is 0 Å². The number of nitrogens with zero attached hydrogens (tertiary/aromatic N) is 1. The Balaban J connectivity index is 1.78. The van der Waals surface area contributed by atoms with Crippen LogP contribution >= 0.6 is 11.8 Å². The standard InChI is InChI=1S/C11H22N2OS/c14-8-11(10-1-6-15-9-10)7-13-4-2-12-3-5-13/h10-12,14H,1-9H2. The van der Waals surface area contributed by atoms with E-state index in [1.807, 2.05) is 11.8 Å². The quantitative estimate of drug-likeness (QED) is 0.726. The maximum atomic E-state index is 9.47. The van der Waals surface area contributed by atoms with E-state index in [4.69, 9.17) is 0 Å². The molecule has 2 unspecified atom stereocenters. The molecule has 0 spiro atoms. The SMILES string of the molecule is OCC(CN1CCNCC1)C1CCSC1. The normalized spacial score (nSPS) is 30.6. The van der Waals surface area contributed by atoms with E-state index >= 15 is 0 Å². The van der Waals surface area contributed by atoms with Crippen LogP contribution < -0.4 is 5.32 Å². The van der Waals surface area contributed by atoms with Crippen molar-refractivity contribution in [1.82, 2.24) is 10.2 Å². The summed E-state index contributed by atoms with van der Waals surface area (Å²) in [4.78, 5) is 2.50. The first-order chi connectivity index (χ1) is 7.40. The summed E-state index contributed by atoms with van der Waals surface area (Å²) >= 11 is 2.05. The maximum Gasteiger partial charge on any atom is 0.0474 e. The molecule has 15 heavy (non-hydrogen) atoms. The molecule has 0 aliphatic carbocycles. The molecule has 4 heteroatoms. The highest BCUT2D eigenvalue weighted by Crippen LogP contribution is 2.30. The third kappa shape index (κ3) is 3.34. The summed E-state index contributed by atoms with van der Waals surface area (Å²) in [6, 6.07) is 0. The maximum absolute atomic E-state index is 9.47. The second-order valence-corrected chi connectivity index (χ2v) is 5.77. The molecule has 0 aromatic carbocycles. The van der Waals surface area contributed by atoms with Gasteiger partial charge < -0.3 is 15.3 Å². The van der Waals surface area contributed by atoms with Gasteiger partial charge in [-0.2, -0.15) is 11.8 Å². The Morgan fingerprint density at radius 1 is 1.40 bits per heavy atom. The van der Waals surface area contributed by atoms with Crippen molar-refractivity contribution in [2.75, 3.05) is 50.8 Å². The fourth-order valence-electron chi connectivity index (χ4n) is 2.51. The van der Waals surface area contributed by atoms with Crippen molar-refractivity contribution in [3.63, 3.8) is 0 Å². The summed E-state index contributed by atoms with van der Waals surface area (Å²) < 4.78 is 0. The predicted octanol–water partition coefficient (Wildman–Crippen LogP) is 0.253. The van der Waals surface area contributed by atoms with Crippen molar-refractivity contribution >= 4 is 11.8 Å². The van der Waals surface area contributed by atoms with Crippen molar-refractivity contribution in [3.8, 4) is 0 Å². The summed E-state index contributed by atoms with van der Waals surface area (Å²) in [5.74, 6) is 3.83. The van der Waals surface area contributed by atoms with Gasteiger partial charge in [0.25, 0.3) is 0 Å². The number of aliphatic hydroxyl groups excluding tert-OH is 1. The van der Waals surface area contributed by atoms with Crippen LogP contribution in [0, 0.1) is 11.8 Å². The fraction of sp³-hybridized carbons (Fsp3) is 1.00.